The minimum absolute atomic E-state index is 0.0335. The standard InChI is InChI=1S/C29H38N4O7/c1-28(2)26(35)33(27(36)30-28)15-16-39-24-11-9-22(10-12-24)17-31-13-14-32(25(34)18-38-3)20-29(37,19-31)21-40-23-7-5-4-6-8-23/h4-12,37H,13-21H2,1-3H3,(H,30,36)/t29-/m0/s1. The van der Waals surface area contributed by atoms with Crippen LogP contribution in [0.3, 0.4) is 0 Å². The van der Waals surface area contributed by atoms with E-state index in [1.807, 2.05) is 54.6 Å². The summed E-state index contributed by atoms with van der Waals surface area (Å²) in [4.78, 5) is 41.9. The molecule has 2 aromatic carbocycles. The number of amides is 4. The van der Waals surface area contributed by atoms with E-state index in [-0.39, 0.29) is 44.7 Å². The van der Waals surface area contributed by atoms with Gasteiger partial charge in [0.25, 0.3) is 5.91 Å². The Bertz CT molecular complexity index is 1170. The van der Waals surface area contributed by atoms with Gasteiger partial charge in [-0.05, 0) is 43.7 Å². The van der Waals surface area contributed by atoms with Gasteiger partial charge >= 0.3 is 6.03 Å². The Morgan fingerprint density at radius 3 is 2.33 bits per heavy atom. The van der Waals surface area contributed by atoms with Crippen LogP contribution in [-0.4, -0.2) is 108 Å². The molecule has 40 heavy (non-hydrogen) atoms. The van der Waals surface area contributed by atoms with Gasteiger partial charge in [-0.25, -0.2) is 4.79 Å². The fourth-order valence-electron chi connectivity index (χ4n) is 4.86. The molecule has 216 valence electrons. The van der Waals surface area contributed by atoms with Crippen molar-refractivity contribution in [1.29, 1.82) is 0 Å². The SMILES string of the molecule is COCC(=O)N1CCN(Cc2ccc(OCCN3C(=O)NC(C)(C)C3=O)cc2)C[C@@](O)(COc2ccccc2)C1. The van der Waals surface area contributed by atoms with Gasteiger partial charge in [-0.3, -0.25) is 19.4 Å². The smallest absolute Gasteiger partial charge is 0.325 e. The molecule has 4 amide bonds. The first kappa shape index (κ1) is 29.3. The number of benzene rings is 2. The molecule has 2 aliphatic rings. The van der Waals surface area contributed by atoms with Gasteiger partial charge in [0.1, 0.15) is 42.5 Å². The number of hydrogen-bond donors (Lipinski definition) is 2. The Morgan fingerprint density at radius 1 is 0.975 bits per heavy atom. The molecular weight excluding hydrogens is 516 g/mol. The van der Waals surface area contributed by atoms with Crippen molar-refractivity contribution in [3.8, 4) is 11.5 Å². The maximum absolute atomic E-state index is 12.6. The molecule has 2 aromatic rings. The molecule has 0 aliphatic carbocycles. The van der Waals surface area contributed by atoms with E-state index in [0.717, 1.165) is 10.5 Å². The van der Waals surface area contributed by atoms with Crippen molar-refractivity contribution in [1.82, 2.24) is 20.0 Å². The van der Waals surface area contributed by atoms with Crippen molar-refractivity contribution in [2.45, 2.75) is 31.5 Å². The van der Waals surface area contributed by atoms with Crippen LogP contribution in [0.15, 0.2) is 54.6 Å². The van der Waals surface area contributed by atoms with Crippen LogP contribution in [0.2, 0.25) is 0 Å². The molecule has 4 rings (SSSR count). The maximum Gasteiger partial charge on any atom is 0.325 e. The molecule has 11 heteroatoms. The molecular formula is C29H38N4O7. The van der Waals surface area contributed by atoms with Gasteiger partial charge in [-0.15, -0.1) is 0 Å². The van der Waals surface area contributed by atoms with Crippen LogP contribution in [0, 0.1) is 0 Å². The highest BCUT2D eigenvalue weighted by Gasteiger charge is 2.44. The van der Waals surface area contributed by atoms with Crippen LogP contribution in [0.4, 0.5) is 4.79 Å². The third kappa shape index (κ3) is 7.50. The van der Waals surface area contributed by atoms with E-state index >= 15 is 0 Å². The third-order valence-electron chi connectivity index (χ3n) is 6.92. The van der Waals surface area contributed by atoms with Crippen LogP contribution in [0.5, 0.6) is 11.5 Å². The number of aliphatic hydroxyl groups is 1. The van der Waals surface area contributed by atoms with E-state index in [1.54, 1.807) is 18.7 Å². The van der Waals surface area contributed by atoms with Crippen LogP contribution in [0.25, 0.3) is 0 Å². The lowest BCUT2D eigenvalue weighted by molar-refractivity contribution is -0.138. The van der Waals surface area contributed by atoms with Crippen molar-refractivity contribution < 1.29 is 33.7 Å². The van der Waals surface area contributed by atoms with Crippen LogP contribution in [-0.2, 0) is 20.9 Å². The number of carbonyl (C=O) groups is 3. The van der Waals surface area contributed by atoms with Gasteiger partial charge in [0.15, 0.2) is 0 Å². The number of nitrogens with zero attached hydrogens (tertiary/aromatic N) is 3. The largest absolute Gasteiger partial charge is 0.492 e. The molecule has 2 aliphatic heterocycles. The summed E-state index contributed by atoms with van der Waals surface area (Å²) in [6.07, 6.45) is 0. The zero-order chi connectivity index (χ0) is 28.8. The van der Waals surface area contributed by atoms with Gasteiger partial charge in [-0.1, -0.05) is 30.3 Å². The summed E-state index contributed by atoms with van der Waals surface area (Å²) in [7, 11) is 1.48. The second-order valence-corrected chi connectivity index (χ2v) is 10.8. The van der Waals surface area contributed by atoms with Crippen LogP contribution >= 0.6 is 0 Å². The number of hydrogen-bond acceptors (Lipinski definition) is 8. The van der Waals surface area contributed by atoms with E-state index in [1.165, 1.54) is 7.11 Å². The van der Waals surface area contributed by atoms with Gasteiger partial charge in [0.05, 0.1) is 13.1 Å². The van der Waals surface area contributed by atoms with Gasteiger partial charge in [0, 0.05) is 33.3 Å². The number of β-amino-alcohol motifs (C(OH)–C–C–N with tert-alkyl or cyclic N) is 1. The predicted octanol–water partition coefficient (Wildman–Crippen LogP) is 1.50. The summed E-state index contributed by atoms with van der Waals surface area (Å²) in [5.41, 5.74) is -1.18. The van der Waals surface area contributed by atoms with E-state index in [2.05, 4.69) is 10.2 Å². The minimum atomic E-state index is -1.29. The van der Waals surface area contributed by atoms with Gasteiger partial charge < -0.3 is 29.5 Å². The topological polar surface area (TPSA) is 121 Å². The number of para-hydroxylation sites is 1. The molecule has 0 unspecified atom stereocenters. The predicted molar refractivity (Wildman–Crippen MR) is 147 cm³/mol. The zero-order valence-corrected chi connectivity index (χ0v) is 23.3. The molecule has 11 nitrogen and oxygen atoms in total. The highest BCUT2D eigenvalue weighted by atomic mass is 16.5. The molecule has 0 saturated carbocycles. The van der Waals surface area contributed by atoms with Crippen molar-refractivity contribution >= 4 is 17.8 Å². The lowest BCUT2D eigenvalue weighted by Gasteiger charge is -2.33. The highest BCUT2D eigenvalue weighted by Crippen LogP contribution is 2.21. The number of ether oxygens (including phenoxy) is 3. The average molecular weight is 555 g/mol. The van der Waals surface area contributed by atoms with Gasteiger partial charge in [0.2, 0.25) is 5.91 Å². The first-order chi connectivity index (χ1) is 19.1. The molecule has 2 heterocycles. The normalized spacial score (nSPS) is 21.2. The summed E-state index contributed by atoms with van der Waals surface area (Å²) in [5.74, 6) is 0.816. The van der Waals surface area contributed by atoms with Crippen molar-refractivity contribution in [3.05, 3.63) is 60.2 Å². The maximum atomic E-state index is 12.6. The summed E-state index contributed by atoms with van der Waals surface area (Å²) in [6.45, 7) is 5.70. The summed E-state index contributed by atoms with van der Waals surface area (Å²) < 4.78 is 16.7. The van der Waals surface area contributed by atoms with Crippen molar-refractivity contribution in [2.24, 2.45) is 0 Å². The number of rotatable bonds is 11. The molecule has 2 fully saturated rings. The number of carbonyl (C=O) groups excluding carboxylic acids is 3. The fraction of sp³-hybridized carbons (Fsp3) is 0.483. The Morgan fingerprint density at radius 2 is 1.68 bits per heavy atom. The second-order valence-electron chi connectivity index (χ2n) is 10.8. The first-order valence-corrected chi connectivity index (χ1v) is 13.3. The Balaban J connectivity index is 1.35. The Kier molecular flexibility index (Phi) is 9.28. The summed E-state index contributed by atoms with van der Waals surface area (Å²) >= 11 is 0. The fourth-order valence-corrected chi connectivity index (χ4v) is 4.86. The third-order valence-corrected chi connectivity index (χ3v) is 6.92. The molecule has 0 spiro atoms. The lowest BCUT2D eigenvalue weighted by atomic mass is 10.0. The Hall–Kier alpha value is -3.67. The highest BCUT2D eigenvalue weighted by molar-refractivity contribution is 6.06. The van der Waals surface area contributed by atoms with Crippen molar-refractivity contribution in [2.75, 3.05) is 59.7 Å². The van der Waals surface area contributed by atoms with Gasteiger partial charge in [-0.2, -0.15) is 0 Å². The van der Waals surface area contributed by atoms with Crippen molar-refractivity contribution in [3.63, 3.8) is 0 Å². The molecule has 0 aromatic heterocycles. The van der Waals surface area contributed by atoms with E-state index in [4.69, 9.17) is 14.2 Å². The summed E-state index contributed by atoms with van der Waals surface area (Å²) in [5, 5.41) is 14.2. The average Bonchev–Trinajstić information content (AvgIpc) is 3.03. The monoisotopic (exact) mass is 554 g/mol. The number of urea groups is 1. The molecule has 2 saturated heterocycles. The zero-order valence-electron chi connectivity index (χ0n) is 23.3. The number of methoxy groups -OCH3 is 1. The Labute approximate surface area is 234 Å². The van der Waals surface area contributed by atoms with E-state index < -0.39 is 17.2 Å². The summed E-state index contributed by atoms with van der Waals surface area (Å²) in [6, 6.07) is 16.4. The van der Waals surface area contributed by atoms with E-state index in [9.17, 15) is 19.5 Å². The molecule has 1 atom stereocenters. The first-order valence-electron chi connectivity index (χ1n) is 13.3. The lowest BCUT2D eigenvalue weighted by Crippen LogP contribution is -2.52. The molecule has 2 N–H and O–H groups in total. The number of imide groups is 1. The quantitative estimate of drug-likeness (QED) is 0.401. The minimum Gasteiger partial charge on any atom is -0.492 e. The molecule has 0 bridgehead atoms. The van der Waals surface area contributed by atoms with E-state index in [0.29, 0.717) is 37.7 Å². The second kappa shape index (κ2) is 12.7. The molecule has 0 radical (unpaired) electrons. The number of nitrogens with one attached hydrogen (secondary N) is 1. The van der Waals surface area contributed by atoms with Crippen LogP contribution < -0.4 is 14.8 Å². The van der Waals surface area contributed by atoms with Crippen LogP contribution in [0.1, 0.15) is 19.4 Å².